The number of rotatable bonds is 6. The number of aryl methyl sites for hydroxylation is 1. The van der Waals surface area contributed by atoms with Gasteiger partial charge in [0.15, 0.2) is 0 Å². The molecule has 2 amide bonds. The summed E-state index contributed by atoms with van der Waals surface area (Å²) in [7, 11) is 0. The Kier molecular flexibility index (Phi) is 7.89. The molecular weight excluding hydrogens is 440 g/mol. The van der Waals surface area contributed by atoms with Crippen LogP contribution in [-0.2, 0) is 21.8 Å². The number of piperazine rings is 1. The van der Waals surface area contributed by atoms with Gasteiger partial charge in [0.25, 0.3) is 0 Å². The van der Waals surface area contributed by atoms with E-state index in [2.05, 4.69) is 28.2 Å². The number of carbonyl (C=O) groups is 2. The number of amides is 2. The number of anilines is 1. The third-order valence-corrected chi connectivity index (χ3v) is 7.87. The van der Waals surface area contributed by atoms with Crippen LogP contribution in [0.15, 0.2) is 53.5 Å². The van der Waals surface area contributed by atoms with Crippen molar-refractivity contribution in [1.29, 1.82) is 0 Å². The molecule has 0 saturated carbocycles. The van der Waals surface area contributed by atoms with Crippen LogP contribution >= 0.6 is 23.5 Å². The number of benzene rings is 2. The van der Waals surface area contributed by atoms with Gasteiger partial charge >= 0.3 is 0 Å². The number of hydrogen-bond acceptors (Lipinski definition) is 6. The van der Waals surface area contributed by atoms with Gasteiger partial charge in [-0.1, -0.05) is 66.8 Å². The minimum atomic E-state index is -0.00570. The van der Waals surface area contributed by atoms with Crippen molar-refractivity contribution in [2.75, 3.05) is 43.8 Å². The van der Waals surface area contributed by atoms with Crippen molar-refractivity contribution in [1.82, 2.24) is 9.80 Å². The van der Waals surface area contributed by atoms with Crippen molar-refractivity contribution in [2.24, 2.45) is 4.99 Å². The van der Waals surface area contributed by atoms with Gasteiger partial charge in [0.1, 0.15) is 4.38 Å². The molecule has 0 atom stereocenters. The minimum Gasteiger partial charge on any atom is -0.339 e. The Balaban J connectivity index is 1.20. The number of carbonyl (C=O) groups excluding carboxylic acids is 2. The maximum absolute atomic E-state index is 12.7. The fraction of sp³-hybridized carbons (Fsp3) is 0.375. The number of aliphatic imine (C=N–C) groups is 1. The molecule has 8 heteroatoms. The highest BCUT2D eigenvalue weighted by Gasteiger charge is 2.23. The second-order valence-corrected chi connectivity index (χ2v) is 9.99. The monoisotopic (exact) mass is 468 g/mol. The van der Waals surface area contributed by atoms with Gasteiger partial charge in [-0.15, -0.1) is 0 Å². The first-order valence-electron chi connectivity index (χ1n) is 10.9. The van der Waals surface area contributed by atoms with Gasteiger partial charge in [0, 0.05) is 37.6 Å². The average Bonchev–Trinajstić information content (AvgIpc) is 2.83. The average molecular weight is 469 g/mol. The Bertz CT molecular complexity index is 1000. The highest BCUT2D eigenvalue weighted by molar-refractivity contribution is 8.38. The van der Waals surface area contributed by atoms with E-state index in [1.54, 1.807) is 11.8 Å². The zero-order valence-corrected chi connectivity index (χ0v) is 19.9. The van der Waals surface area contributed by atoms with Crippen LogP contribution in [0.3, 0.4) is 0 Å². The Hall–Kier alpha value is -2.29. The highest BCUT2D eigenvalue weighted by atomic mass is 32.2. The van der Waals surface area contributed by atoms with Gasteiger partial charge in [-0.3, -0.25) is 14.5 Å². The number of para-hydroxylation sites is 2. The molecule has 1 saturated heterocycles. The lowest BCUT2D eigenvalue weighted by Gasteiger charge is -2.34. The highest BCUT2D eigenvalue weighted by Crippen LogP contribution is 2.34. The number of nitrogens with zero attached hydrogens (tertiary/aromatic N) is 3. The van der Waals surface area contributed by atoms with Crippen LogP contribution in [0.4, 0.5) is 11.4 Å². The lowest BCUT2D eigenvalue weighted by molar-refractivity contribution is -0.130. The summed E-state index contributed by atoms with van der Waals surface area (Å²) in [6, 6.07) is 16.0. The molecule has 4 rings (SSSR count). The predicted octanol–water partition coefficient (Wildman–Crippen LogP) is 4.00. The van der Waals surface area contributed by atoms with E-state index >= 15 is 0 Å². The van der Waals surface area contributed by atoms with Gasteiger partial charge in [-0.25, -0.2) is 4.99 Å². The van der Waals surface area contributed by atoms with Gasteiger partial charge < -0.3 is 10.2 Å². The number of thioether (sulfide) groups is 2. The van der Waals surface area contributed by atoms with E-state index in [9.17, 15) is 9.59 Å². The van der Waals surface area contributed by atoms with Crippen molar-refractivity contribution in [3.05, 3.63) is 59.7 Å². The van der Waals surface area contributed by atoms with Crippen molar-refractivity contribution in [3.63, 3.8) is 0 Å². The molecular formula is C24H28N4O2S2. The van der Waals surface area contributed by atoms with Crippen molar-refractivity contribution in [3.8, 4) is 0 Å². The minimum absolute atomic E-state index is 0.00570. The molecule has 2 aliphatic heterocycles. The third kappa shape index (κ3) is 5.94. The zero-order valence-electron chi connectivity index (χ0n) is 18.3. The molecule has 168 valence electrons. The van der Waals surface area contributed by atoms with Crippen molar-refractivity contribution < 1.29 is 9.59 Å². The van der Waals surface area contributed by atoms with Crippen LogP contribution in [0.1, 0.15) is 18.1 Å². The first kappa shape index (κ1) is 22.9. The summed E-state index contributed by atoms with van der Waals surface area (Å²) in [6.45, 7) is 5.16. The van der Waals surface area contributed by atoms with E-state index in [0.717, 1.165) is 33.5 Å². The summed E-state index contributed by atoms with van der Waals surface area (Å²) in [6.07, 6.45) is 0.882. The second kappa shape index (κ2) is 11.0. The van der Waals surface area contributed by atoms with Gasteiger partial charge in [-0.05, 0) is 29.7 Å². The van der Waals surface area contributed by atoms with Gasteiger partial charge in [-0.2, -0.15) is 0 Å². The van der Waals surface area contributed by atoms with E-state index in [1.165, 1.54) is 17.3 Å². The summed E-state index contributed by atoms with van der Waals surface area (Å²) >= 11 is 3.22. The smallest absolute Gasteiger partial charge is 0.238 e. The molecule has 1 fully saturated rings. The maximum atomic E-state index is 12.7. The Morgan fingerprint density at radius 2 is 1.81 bits per heavy atom. The van der Waals surface area contributed by atoms with Crippen LogP contribution in [0.25, 0.3) is 0 Å². The largest absolute Gasteiger partial charge is 0.339 e. The van der Waals surface area contributed by atoms with E-state index in [-0.39, 0.29) is 11.8 Å². The lowest BCUT2D eigenvalue weighted by atomic mass is 10.1. The number of fused-ring (bicyclic) bond motifs is 1. The van der Waals surface area contributed by atoms with Crippen molar-refractivity contribution in [2.45, 2.75) is 19.1 Å². The quantitative estimate of drug-likeness (QED) is 0.694. The van der Waals surface area contributed by atoms with Crippen LogP contribution in [-0.4, -0.2) is 64.5 Å². The van der Waals surface area contributed by atoms with Crippen LogP contribution in [0.2, 0.25) is 0 Å². The summed E-state index contributed by atoms with van der Waals surface area (Å²) in [4.78, 5) is 33.8. The zero-order chi connectivity index (χ0) is 22.3. The molecule has 2 aromatic rings. The van der Waals surface area contributed by atoms with E-state index in [0.29, 0.717) is 38.5 Å². The van der Waals surface area contributed by atoms with Gasteiger partial charge in [0.05, 0.1) is 18.0 Å². The Labute approximate surface area is 197 Å². The Morgan fingerprint density at radius 1 is 1.06 bits per heavy atom. The molecule has 0 aliphatic carbocycles. The van der Waals surface area contributed by atoms with E-state index in [1.807, 2.05) is 47.4 Å². The number of nitrogens with one attached hydrogen (secondary N) is 1. The Morgan fingerprint density at radius 3 is 2.62 bits per heavy atom. The fourth-order valence-corrected chi connectivity index (χ4v) is 5.76. The van der Waals surface area contributed by atoms with E-state index in [4.69, 9.17) is 0 Å². The molecule has 2 aromatic carbocycles. The molecule has 32 heavy (non-hydrogen) atoms. The molecule has 0 unspecified atom stereocenters. The third-order valence-electron chi connectivity index (χ3n) is 5.64. The maximum Gasteiger partial charge on any atom is 0.238 e. The topological polar surface area (TPSA) is 65.0 Å². The fourth-order valence-electron chi connectivity index (χ4n) is 3.80. The lowest BCUT2D eigenvalue weighted by Crippen LogP contribution is -2.51. The predicted molar refractivity (Wildman–Crippen MR) is 135 cm³/mol. The van der Waals surface area contributed by atoms with Crippen LogP contribution < -0.4 is 5.32 Å². The summed E-state index contributed by atoms with van der Waals surface area (Å²) in [5.74, 6) is 1.44. The molecule has 6 nitrogen and oxygen atoms in total. The van der Waals surface area contributed by atoms with Gasteiger partial charge in [0.2, 0.25) is 11.8 Å². The second-order valence-electron chi connectivity index (χ2n) is 7.80. The molecule has 0 spiro atoms. The summed E-state index contributed by atoms with van der Waals surface area (Å²) in [5, 5.41) is 3.03. The molecule has 0 bridgehead atoms. The number of hydrogen-bond donors (Lipinski definition) is 1. The van der Waals surface area contributed by atoms with E-state index < -0.39 is 0 Å². The van der Waals surface area contributed by atoms with Crippen LogP contribution in [0.5, 0.6) is 0 Å². The first-order chi connectivity index (χ1) is 15.6. The normalized spacial score (nSPS) is 16.3. The molecule has 0 aromatic heterocycles. The van der Waals surface area contributed by atoms with Crippen molar-refractivity contribution >= 4 is 51.1 Å². The molecule has 1 N–H and O–H groups in total. The molecule has 2 aliphatic rings. The standard InChI is InChI=1S/C24H28N4O2S2/c1-2-18-7-3-5-9-20(18)25-22(29)15-27-11-13-28(14-12-27)23(30)17-32-24-26-21-10-6-4-8-19(21)16-31-24/h3-10H,2,11-17H2,1H3,(H,25,29). The SMILES string of the molecule is CCc1ccccc1NC(=O)CN1CCN(C(=O)CSC2=Nc3ccccc3CS2)CC1. The summed E-state index contributed by atoms with van der Waals surface area (Å²) in [5.41, 5.74) is 4.27. The molecule has 2 heterocycles. The first-order valence-corrected chi connectivity index (χ1v) is 12.9. The molecule has 0 radical (unpaired) electrons. The van der Waals surface area contributed by atoms with Crippen LogP contribution in [0, 0.1) is 0 Å². The summed E-state index contributed by atoms with van der Waals surface area (Å²) < 4.78 is 0.958.